The van der Waals surface area contributed by atoms with Crippen LogP contribution >= 0.6 is 11.6 Å². The van der Waals surface area contributed by atoms with Crippen molar-refractivity contribution in [3.63, 3.8) is 0 Å². The van der Waals surface area contributed by atoms with E-state index in [4.69, 9.17) is 11.6 Å². The van der Waals surface area contributed by atoms with Crippen LogP contribution in [0.5, 0.6) is 0 Å². The number of anilines is 4. The Morgan fingerprint density at radius 1 is 0.957 bits per heavy atom. The first kappa shape index (κ1) is 15.3. The molecule has 2 aromatic carbocycles. The van der Waals surface area contributed by atoms with E-state index >= 15 is 0 Å². The maximum Gasteiger partial charge on any atom is 0.138 e. The summed E-state index contributed by atoms with van der Waals surface area (Å²) >= 11 is 5.91. The van der Waals surface area contributed by atoms with E-state index < -0.39 is 0 Å². The fourth-order valence-electron chi connectivity index (χ4n) is 2.25. The molecule has 0 aliphatic heterocycles. The number of para-hydroxylation sites is 1. The molecule has 0 saturated carbocycles. The third kappa shape index (κ3) is 3.79. The fraction of sp³-hybridized carbons (Fsp3) is 0.111. The Morgan fingerprint density at radius 2 is 1.65 bits per heavy atom. The molecule has 0 aliphatic rings. The van der Waals surface area contributed by atoms with Gasteiger partial charge in [-0.2, -0.15) is 0 Å². The molecular weight excluding hydrogens is 308 g/mol. The van der Waals surface area contributed by atoms with Crippen LogP contribution in [0.15, 0.2) is 60.7 Å². The third-order valence-electron chi connectivity index (χ3n) is 3.43. The highest BCUT2D eigenvalue weighted by Gasteiger charge is 2.08. The molecule has 0 unspecified atom stereocenters. The molecule has 1 aromatic heterocycles. The van der Waals surface area contributed by atoms with Gasteiger partial charge in [-0.3, -0.25) is 0 Å². The van der Waals surface area contributed by atoms with Crippen LogP contribution in [0.1, 0.15) is 5.82 Å². The van der Waals surface area contributed by atoms with Gasteiger partial charge in [0, 0.05) is 29.5 Å². The van der Waals surface area contributed by atoms with Crippen LogP contribution in [-0.2, 0) is 0 Å². The van der Waals surface area contributed by atoms with Gasteiger partial charge in [0.15, 0.2) is 0 Å². The standard InChI is InChI=1S/C18H17ClN4/c1-13-20-17(22-15-10-8-14(19)9-11-15)12-18(21-13)23(2)16-6-4-3-5-7-16/h3-12H,1-2H3,(H,20,21,22). The lowest BCUT2D eigenvalue weighted by Crippen LogP contribution is -2.12. The Hall–Kier alpha value is -2.59. The van der Waals surface area contributed by atoms with Crippen LogP contribution in [0.3, 0.4) is 0 Å². The average Bonchev–Trinajstić information content (AvgIpc) is 2.56. The second-order valence-electron chi connectivity index (χ2n) is 5.19. The van der Waals surface area contributed by atoms with Crippen molar-refractivity contribution in [2.24, 2.45) is 0 Å². The highest BCUT2D eigenvalue weighted by molar-refractivity contribution is 6.30. The Labute approximate surface area is 140 Å². The zero-order chi connectivity index (χ0) is 16.2. The molecule has 4 nitrogen and oxygen atoms in total. The number of rotatable bonds is 4. The Balaban J connectivity index is 1.88. The number of aromatic nitrogens is 2. The van der Waals surface area contributed by atoms with E-state index in [2.05, 4.69) is 15.3 Å². The summed E-state index contributed by atoms with van der Waals surface area (Å²) in [6, 6.07) is 19.5. The van der Waals surface area contributed by atoms with Crippen molar-refractivity contribution in [2.75, 3.05) is 17.3 Å². The first-order chi connectivity index (χ1) is 11.1. The smallest absolute Gasteiger partial charge is 0.138 e. The number of nitrogens with zero attached hydrogens (tertiary/aromatic N) is 3. The molecule has 116 valence electrons. The topological polar surface area (TPSA) is 41.1 Å². The van der Waals surface area contributed by atoms with Crippen molar-refractivity contribution in [3.05, 3.63) is 71.5 Å². The molecule has 0 saturated heterocycles. The number of nitrogens with one attached hydrogen (secondary N) is 1. The summed E-state index contributed by atoms with van der Waals surface area (Å²) in [6.07, 6.45) is 0. The minimum atomic E-state index is 0.707. The summed E-state index contributed by atoms with van der Waals surface area (Å²) in [5.74, 6) is 2.29. The summed E-state index contributed by atoms with van der Waals surface area (Å²) in [6.45, 7) is 1.88. The molecule has 5 heteroatoms. The van der Waals surface area contributed by atoms with Gasteiger partial charge < -0.3 is 10.2 Å². The monoisotopic (exact) mass is 324 g/mol. The molecule has 0 spiro atoms. The predicted molar refractivity (Wildman–Crippen MR) is 96.0 cm³/mol. The van der Waals surface area contributed by atoms with E-state index in [1.807, 2.05) is 79.5 Å². The van der Waals surface area contributed by atoms with Gasteiger partial charge in [0.25, 0.3) is 0 Å². The molecule has 0 atom stereocenters. The number of benzene rings is 2. The molecule has 1 N–H and O–H groups in total. The van der Waals surface area contributed by atoms with Crippen LogP contribution in [-0.4, -0.2) is 17.0 Å². The SMILES string of the molecule is Cc1nc(Nc2ccc(Cl)cc2)cc(N(C)c2ccccc2)n1. The van der Waals surface area contributed by atoms with Gasteiger partial charge >= 0.3 is 0 Å². The molecular formula is C18H17ClN4. The molecule has 1 heterocycles. The van der Waals surface area contributed by atoms with Gasteiger partial charge in [-0.15, -0.1) is 0 Å². The number of aryl methyl sites for hydroxylation is 1. The van der Waals surface area contributed by atoms with E-state index in [-0.39, 0.29) is 0 Å². The summed E-state index contributed by atoms with van der Waals surface area (Å²) in [4.78, 5) is 11.0. The molecule has 0 fully saturated rings. The zero-order valence-electron chi connectivity index (χ0n) is 13.0. The quantitative estimate of drug-likeness (QED) is 0.737. The Kier molecular flexibility index (Phi) is 4.44. The predicted octanol–water partition coefficient (Wildman–Crippen LogP) is 4.95. The normalized spacial score (nSPS) is 10.4. The Bertz CT molecular complexity index is 788. The molecule has 3 aromatic rings. The second-order valence-corrected chi connectivity index (χ2v) is 5.62. The zero-order valence-corrected chi connectivity index (χ0v) is 13.7. The largest absolute Gasteiger partial charge is 0.340 e. The summed E-state index contributed by atoms with van der Waals surface area (Å²) < 4.78 is 0. The first-order valence-electron chi connectivity index (χ1n) is 7.29. The second kappa shape index (κ2) is 6.67. The maximum atomic E-state index is 5.91. The van der Waals surface area contributed by atoms with Gasteiger partial charge in [0.05, 0.1) is 0 Å². The van der Waals surface area contributed by atoms with E-state index in [1.165, 1.54) is 0 Å². The van der Waals surface area contributed by atoms with Gasteiger partial charge in [0.2, 0.25) is 0 Å². The van der Waals surface area contributed by atoms with Crippen LogP contribution in [0, 0.1) is 6.92 Å². The summed E-state index contributed by atoms with van der Waals surface area (Å²) in [7, 11) is 1.99. The molecule has 0 aliphatic carbocycles. The maximum absolute atomic E-state index is 5.91. The van der Waals surface area contributed by atoms with Crippen molar-refractivity contribution in [2.45, 2.75) is 6.92 Å². The molecule has 23 heavy (non-hydrogen) atoms. The molecule has 0 amide bonds. The van der Waals surface area contributed by atoms with Crippen LogP contribution in [0.25, 0.3) is 0 Å². The minimum absolute atomic E-state index is 0.707. The van der Waals surface area contributed by atoms with Gasteiger partial charge in [-0.1, -0.05) is 29.8 Å². The lowest BCUT2D eigenvalue weighted by molar-refractivity contribution is 1.02. The van der Waals surface area contributed by atoms with Crippen molar-refractivity contribution >= 4 is 34.6 Å². The Morgan fingerprint density at radius 3 is 2.35 bits per heavy atom. The van der Waals surface area contributed by atoms with E-state index in [1.54, 1.807) is 0 Å². The van der Waals surface area contributed by atoms with Crippen molar-refractivity contribution in [3.8, 4) is 0 Å². The average molecular weight is 325 g/mol. The highest BCUT2D eigenvalue weighted by Crippen LogP contribution is 2.25. The number of halogens is 1. The van der Waals surface area contributed by atoms with E-state index in [0.717, 1.165) is 23.0 Å². The van der Waals surface area contributed by atoms with E-state index in [9.17, 15) is 0 Å². The summed E-state index contributed by atoms with van der Waals surface area (Å²) in [5.41, 5.74) is 2.00. The third-order valence-corrected chi connectivity index (χ3v) is 3.68. The molecule has 3 rings (SSSR count). The van der Waals surface area contributed by atoms with Gasteiger partial charge in [0.1, 0.15) is 17.5 Å². The number of hydrogen-bond donors (Lipinski definition) is 1. The lowest BCUT2D eigenvalue weighted by atomic mass is 10.3. The van der Waals surface area contributed by atoms with Crippen molar-refractivity contribution < 1.29 is 0 Å². The molecule has 0 bridgehead atoms. The summed E-state index contributed by atoms with van der Waals surface area (Å²) in [5, 5.41) is 3.99. The molecule has 0 radical (unpaired) electrons. The lowest BCUT2D eigenvalue weighted by Gasteiger charge is -2.19. The fourth-order valence-corrected chi connectivity index (χ4v) is 2.38. The number of hydrogen-bond acceptors (Lipinski definition) is 4. The van der Waals surface area contributed by atoms with Crippen LogP contribution in [0.2, 0.25) is 5.02 Å². The first-order valence-corrected chi connectivity index (χ1v) is 7.67. The highest BCUT2D eigenvalue weighted by atomic mass is 35.5. The minimum Gasteiger partial charge on any atom is -0.340 e. The van der Waals surface area contributed by atoms with Gasteiger partial charge in [-0.25, -0.2) is 9.97 Å². The van der Waals surface area contributed by atoms with E-state index in [0.29, 0.717) is 10.8 Å². The van der Waals surface area contributed by atoms with Crippen molar-refractivity contribution in [1.29, 1.82) is 0 Å². The van der Waals surface area contributed by atoms with Crippen LogP contribution < -0.4 is 10.2 Å². The van der Waals surface area contributed by atoms with Crippen LogP contribution in [0.4, 0.5) is 23.0 Å². The van der Waals surface area contributed by atoms with Gasteiger partial charge in [-0.05, 0) is 43.3 Å². The van der Waals surface area contributed by atoms with Crippen molar-refractivity contribution in [1.82, 2.24) is 9.97 Å².